The topological polar surface area (TPSA) is 58.5 Å². The molecule has 0 N–H and O–H groups in total. The summed E-state index contributed by atoms with van der Waals surface area (Å²) in [6.07, 6.45) is 10.9. The van der Waals surface area contributed by atoms with Crippen LogP contribution >= 0.6 is 0 Å². The lowest BCUT2D eigenvalue weighted by molar-refractivity contribution is -0.133. The molecule has 142 valence electrons. The van der Waals surface area contributed by atoms with Gasteiger partial charge in [0.15, 0.2) is 5.82 Å². The first-order valence-corrected chi connectivity index (χ1v) is 10.2. The molecule has 1 aromatic carbocycles. The normalized spacial score (nSPS) is 22.0. The zero-order chi connectivity index (χ0) is 18.9. The van der Waals surface area contributed by atoms with E-state index in [2.05, 4.69) is 14.9 Å². The van der Waals surface area contributed by atoms with E-state index in [9.17, 15) is 4.79 Å². The van der Waals surface area contributed by atoms with Crippen LogP contribution in [0.1, 0.15) is 37.7 Å². The summed E-state index contributed by atoms with van der Waals surface area (Å²) >= 11 is 0. The molecule has 28 heavy (non-hydrogen) atoms. The van der Waals surface area contributed by atoms with E-state index in [1.807, 2.05) is 48.9 Å². The Labute approximate surface area is 165 Å². The number of piperidine rings is 1. The Morgan fingerprint density at radius 1 is 1.00 bits per heavy atom. The first-order valence-electron chi connectivity index (χ1n) is 10.2. The Morgan fingerprint density at radius 2 is 1.79 bits per heavy atom. The van der Waals surface area contributed by atoms with Crippen LogP contribution < -0.4 is 0 Å². The summed E-state index contributed by atoms with van der Waals surface area (Å²) in [6.45, 7) is 1.74. The predicted molar refractivity (Wildman–Crippen MR) is 110 cm³/mol. The number of likely N-dealkylation sites (tertiary alicyclic amines) is 1. The van der Waals surface area contributed by atoms with Gasteiger partial charge in [0.05, 0.1) is 0 Å². The highest BCUT2D eigenvalue weighted by Crippen LogP contribution is 2.34. The molecular formula is C23H24N4O. The number of hydrogen-bond acceptors (Lipinski definition) is 4. The van der Waals surface area contributed by atoms with Crippen molar-refractivity contribution in [3.63, 3.8) is 0 Å². The lowest BCUT2D eigenvalue weighted by atomic mass is 9.89. The first-order chi connectivity index (χ1) is 13.8. The van der Waals surface area contributed by atoms with Crippen LogP contribution in [0, 0.1) is 11.8 Å². The van der Waals surface area contributed by atoms with Crippen molar-refractivity contribution in [3.05, 3.63) is 54.5 Å². The Balaban J connectivity index is 1.23. The number of amides is 1. The summed E-state index contributed by atoms with van der Waals surface area (Å²) in [6, 6.07) is 10.0. The molecule has 1 amide bonds. The van der Waals surface area contributed by atoms with Gasteiger partial charge in [-0.05, 0) is 31.3 Å². The minimum atomic E-state index is 0.304. The van der Waals surface area contributed by atoms with E-state index >= 15 is 0 Å². The van der Waals surface area contributed by atoms with E-state index in [0.29, 0.717) is 17.7 Å². The van der Waals surface area contributed by atoms with Gasteiger partial charge in [-0.2, -0.15) is 0 Å². The molecule has 3 aliphatic rings. The van der Waals surface area contributed by atoms with Crippen molar-refractivity contribution in [1.82, 2.24) is 14.9 Å². The molecule has 5 heteroatoms. The molecule has 0 radical (unpaired) electrons. The van der Waals surface area contributed by atoms with Crippen molar-refractivity contribution in [1.29, 1.82) is 0 Å². The fourth-order valence-corrected chi connectivity index (χ4v) is 4.14. The van der Waals surface area contributed by atoms with Crippen LogP contribution in [0.15, 0.2) is 53.9 Å². The molecule has 1 atom stereocenters. The van der Waals surface area contributed by atoms with Crippen LogP contribution in [0.5, 0.6) is 0 Å². The van der Waals surface area contributed by atoms with Crippen molar-refractivity contribution >= 4 is 17.2 Å². The van der Waals surface area contributed by atoms with E-state index in [0.717, 1.165) is 62.1 Å². The van der Waals surface area contributed by atoms with Crippen molar-refractivity contribution in [2.24, 2.45) is 16.8 Å². The van der Waals surface area contributed by atoms with E-state index in [4.69, 9.17) is 4.99 Å². The molecule has 1 aromatic heterocycles. The first kappa shape index (κ1) is 17.3. The fourth-order valence-electron chi connectivity index (χ4n) is 4.14. The van der Waals surface area contributed by atoms with Gasteiger partial charge in [-0.3, -0.25) is 9.79 Å². The Bertz CT molecular complexity index is 929. The number of hydrogen-bond donors (Lipinski definition) is 0. The average molecular weight is 372 g/mol. The second-order valence-electron chi connectivity index (χ2n) is 8.01. The van der Waals surface area contributed by atoms with Crippen molar-refractivity contribution in [2.45, 2.75) is 32.1 Å². The number of nitrogens with zero attached hydrogens (tertiary/aromatic N) is 4. The van der Waals surface area contributed by atoms with Gasteiger partial charge in [-0.15, -0.1) is 0 Å². The molecule has 1 unspecified atom stereocenters. The van der Waals surface area contributed by atoms with Crippen molar-refractivity contribution < 1.29 is 4.79 Å². The van der Waals surface area contributed by atoms with Gasteiger partial charge in [0, 0.05) is 66.8 Å². The molecule has 0 spiro atoms. The Morgan fingerprint density at radius 3 is 2.54 bits per heavy atom. The van der Waals surface area contributed by atoms with Gasteiger partial charge in [0.1, 0.15) is 0 Å². The maximum atomic E-state index is 12.4. The summed E-state index contributed by atoms with van der Waals surface area (Å²) in [5.41, 5.74) is 4.42. The summed E-state index contributed by atoms with van der Waals surface area (Å²) in [5, 5.41) is 0. The number of benzene rings is 1. The zero-order valence-electron chi connectivity index (χ0n) is 15.9. The van der Waals surface area contributed by atoms with Gasteiger partial charge in [-0.25, -0.2) is 9.97 Å². The lowest BCUT2D eigenvalue weighted by Gasteiger charge is -2.33. The van der Waals surface area contributed by atoms with Gasteiger partial charge in [-0.1, -0.05) is 30.3 Å². The molecule has 5 nitrogen and oxygen atoms in total. The molecule has 1 saturated heterocycles. The molecule has 1 aliphatic carbocycles. The molecule has 2 aromatic rings. The van der Waals surface area contributed by atoms with Gasteiger partial charge < -0.3 is 4.90 Å². The third-order valence-electron chi connectivity index (χ3n) is 5.94. The third-order valence-corrected chi connectivity index (χ3v) is 5.94. The maximum Gasteiger partial charge on any atom is 0.225 e. The number of allylic oxidation sites excluding steroid dienone is 1. The number of aromatic nitrogens is 2. The van der Waals surface area contributed by atoms with Crippen molar-refractivity contribution in [3.8, 4) is 11.4 Å². The second kappa shape index (κ2) is 7.30. The fraction of sp³-hybridized carbons (Fsp3) is 0.391. The molecule has 0 bridgehead atoms. The number of rotatable bonds is 4. The zero-order valence-corrected chi connectivity index (χ0v) is 15.9. The van der Waals surface area contributed by atoms with Gasteiger partial charge in [0.25, 0.3) is 0 Å². The smallest absolute Gasteiger partial charge is 0.225 e. The molecule has 5 rings (SSSR count). The van der Waals surface area contributed by atoms with Crippen LogP contribution in [0.2, 0.25) is 0 Å². The SMILES string of the molecule is O=C(C1CC1)N1CCCC(C2=NC=C(c3cnc(-c4ccccc4)nc3)C2)C1. The number of aliphatic imine (C=N–C) groups is 1. The summed E-state index contributed by atoms with van der Waals surface area (Å²) in [7, 11) is 0. The molecular weight excluding hydrogens is 348 g/mol. The predicted octanol–water partition coefficient (Wildman–Crippen LogP) is 3.98. The van der Waals surface area contributed by atoms with Gasteiger partial charge >= 0.3 is 0 Å². The van der Waals surface area contributed by atoms with E-state index in [1.165, 1.54) is 11.3 Å². The van der Waals surface area contributed by atoms with Crippen LogP contribution in [0.4, 0.5) is 0 Å². The summed E-state index contributed by atoms with van der Waals surface area (Å²) in [4.78, 5) is 28.3. The van der Waals surface area contributed by atoms with E-state index in [-0.39, 0.29) is 0 Å². The number of carbonyl (C=O) groups is 1. The summed E-state index contributed by atoms with van der Waals surface area (Å²) < 4.78 is 0. The maximum absolute atomic E-state index is 12.4. The van der Waals surface area contributed by atoms with Crippen molar-refractivity contribution in [2.75, 3.05) is 13.1 Å². The summed E-state index contributed by atoms with van der Waals surface area (Å²) in [5.74, 6) is 1.79. The Hall–Kier alpha value is -2.82. The largest absolute Gasteiger partial charge is 0.342 e. The van der Waals surface area contributed by atoms with Gasteiger partial charge in [0.2, 0.25) is 5.91 Å². The third kappa shape index (κ3) is 3.49. The minimum Gasteiger partial charge on any atom is -0.342 e. The minimum absolute atomic E-state index is 0.304. The Kier molecular flexibility index (Phi) is 4.51. The molecule has 2 aliphatic heterocycles. The molecule has 2 fully saturated rings. The van der Waals surface area contributed by atoms with Crippen LogP contribution in [-0.2, 0) is 4.79 Å². The van der Waals surface area contributed by atoms with E-state index < -0.39 is 0 Å². The second-order valence-corrected chi connectivity index (χ2v) is 8.01. The quantitative estimate of drug-likeness (QED) is 0.816. The highest BCUT2D eigenvalue weighted by Gasteiger charge is 2.36. The highest BCUT2D eigenvalue weighted by molar-refractivity contribution is 6.00. The highest BCUT2D eigenvalue weighted by atomic mass is 16.2. The standard InChI is InChI=1S/C23H24N4O/c28-23(17-8-9-17)27-10-4-7-18(15-27)21-11-19(12-24-21)20-13-25-22(26-14-20)16-5-2-1-3-6-16/h1-3,5-6,12-14,17-18H,4,7-11,15H2. The average Bonchev–Trinajstić information content (AvgIpc) is 3.50. The van der Waals surface area contributed by atoms with Crippen LogP contribution in [-0.4, -0.2) is 39.6 Å². The molecule has 1 saturated carbocycles. The van der Waals surface area contributed by atoms with E-state index in [1.54, 1.807) is 0 Å². The number of carbonyl (C=O) groups excluding carboxylic acids is 1. The lowest BCUT2D eigenvalue weighted by Crippen LogP contribution is -2.42. The monoisotopic (exact) mass is 372 g/mol. The van der Waals surface area contributed by atoms with Crippen LogP contribution in [0.3, 0.4) is 0 Å². The van der Waals surface area contributed by atoms with Crippen LogP contribution in [0.25, 0.3) is 17.0 Å². The molecule has 3 heterocycles.